The van der Waals surface area contributed by atoms with Gasteiger partial charge in [0.25, 0.3) is 0 Å². The van der Waals surface area contributed by atoms with E-state index < -0.39 is 0 Å². The number of anilines is 1. The van der Waals surface area contributed by atoms with Gasteiger partial charge in [-0.25, -0.2) is 4.39 Å². The molecule has 0 saturated carbocycles. The Morgan fingerprint density at radius 2 is 2.22 bits per heavy atom. The van der Waals surface area contributed by atoms with Gasteiger partial charge < -0.3 is 5.32 Å². The van der Waals surface area contributed by atoms with Gasteiger partial charge in [-0.15, -0.1) is 11.3 Å². The molecule has 92 valence electrons. The fourth-order valence-corrected chi connectivity index (χ4v) is 2.75. The molecule has 0 bridgehead atoms. The summed E-state index contributed by atoms with van der Waals surface area (Å²) < 4.78 is 13.9. The zero-order chi connectivity index (χ0) is 13.1. The van der Waals surface area contributed by atoms with E-state index in [1.54, 1.807) is 12.1 Å². The molecule has 0 spiro atoms. The van der Waals surface area contributed by atoms with Crippen LogP contribution in [0.5, 0.6) is 0 Å². The first-order valence-corrected chi connectivity index (χ1v) is 6.89. The smallest absolute Gasteiger partial charge is 0.139 e. The van der Waals surface area contributed by atoms with Gasteiger partial charge in [0.2, 0.25) is 0 Å². The van der Waals surface area contributed by atoms with E-state index in [9.17, 15) is 4.39 Å². The van der Waals surface area contributed by atoms with Gasteiger partial charge in [-0.2, -0.15) is 5.26 Å². The zero-order valence-electron chi connectivity index (χ0n) is 9.63. The highest BCUT2D eigenvalue weighted by Crippen LogP contribution is 2.25. The topological polar surface area (TPSA) is 35.8 Å². The first-order chi connectivity index (χ1) is 8.60. The molecule has 2 aromatic rings. The van der Waals surface area contributed by atoms with Crippen molar-refractivity contribution in [2.75, 3.05) is 5.32 Å². The van der Waals surface area contributed by atoms with Gasteiger partial charge in [0.15, 0.2) is 0 Å². The minimum atomic E-state index is -0.285. The molecule has 0 saturated heterocycles. The van der Waals surface area contributed by atoms with Crippen LogP contribution in [0.25, 0.3) is 0 Å². The van der Waals surface area contributed by atoms with Crippen LogP contribution in [0.15, 0.2) is 28.7 Å². The monoisotopic (exact) mass is 324 g/mol. The zero-order valence-corrected chi connectivity index (χ0v) is 12.0. The molecule has 0 amide bonds. The number of thiophene rings is 1. The predicted molar refractivity (Wildman–Crippen MR) is 75.2 cm³/mol. The number of benzene rings is 1. The summed E-state index contributed by atoms with van der Waals surface area (Å²) in [5.74, 6) is -0.285. The number of nitrogens with one attached hydrogen (secondary N) is 1. The van der Waals surface area contributed by atoms with Gasteiger partial charge in [0.05, 0.1) is 4.47 Å². The second-order valence-corrected chi connectivity index (χ2v) is 5.84. The maximum atomic E-state index is 13.4. The Hall–Kier alpha value is -1.38. The van der Waals surface area contributed by atoms with Gasteiger partial charge in [0, 0.05) is 17.1 Å². The number of halogens is 2. The number of rotatable bonds is 3. The molecule has 0 fully saturated rings. The first kappa shape index (κ1) is 13.1. The van der Waals surface area contributed by atoms with Crippen molar-refractivity contribution in [3.8, 4) is 6.07 Å². The van der Waals surface area contributed by atoms with Gasteiger partial charge in [-0.1, -0.05) is 0 Å². The molecule has 0 radical (unpaired) electrons. The third-order valence-electron chi connectivity index (χ3n) is 2.49. The van der Waals surface area contributed by atoms with Gasteiger partial charge in [0.1, 0.15) is 16.8 Å². The summed E-state index contributed by atoms with van der Waals surface area (Å²) in [7, 11) is 0. The van der Waals surface area contributed by atoms with Crippen LogP contribution in [0.2, 0.25) is 0 Å². The SMILES string of the molecule is Cc1cc(Br)c(F)cc1NCc1ccc(C#N)s1. The van der Waals surface area contributed by atoms with Crippen molar-refractivity contribution in [2.24, 2.45) is 0 Å². The van der Waals surface area contributed by atoms with Crippen LogP contribution in [0.4, 0.5) is 10.1 Å². The van der Waals surface area contributed by atoms with E-state index in [1.807, 2.05) is 13.0 Å². The molecule has 1 aromatic carbocycles. The van der Waals surface area contributed by atoms with Crippen molar-refractivity contribution in [1.29, 1.82) is 5.26 Å². The summed E-state index contributed by atoms with van der Waals surface area (Å²) in [6, 6.07) is 9.00. The summed E-state index contributed by atoms with van der Waals surface area (Å²) in [6.45, 7) is 2.51. The molecule has 0 atom stereocenters. The van der Waals surface area contributed by atoms with Crippen molar-refractivity contribution >= 4 is 33.0 Å². The fraction of sp³-hybridized carbons (Fsp3) is 0.154. The van der Waals surface area contributed by atoms with Crippen LogP contribution in [-0.2, 0) is 6.54 Å². The van der Waals surface area contributed by atoms with E-state index in [0.29, 0.717) is 15.9 Å². The molecular weight excluding hydrogens is 315 g/mol. The lowest BCUT2D eigenvalue weighted by atomic mass is 10.2. The Morgan fingerprint density at radius 1 is 1.44 bits per heavy atom. The van der Waals surface area contributed by atoms with E-state index in [0.717, 1.165) is 16.1 Å². The maximum Gasteiger partial charge on any atom is 0.139 e. The molecule has 2 nitrogen and oxygen atoms in total. The molecule has 2 rings (SSSR count). The largest absolute Gasteiger partial charge is 0.380 e. The lowest BCUT2D eigenvalue weighted by Crippen LogP contribution is -2.00. The number of nitriles is 1. The highest BCUT2D eigenvalue weighted by Gasteiger charge is 2.06. The molecule has 0 aliphatic heterocycles. The van der Waals surface area contributed by atoms with Gasteiger partial charge in [-0.05, 0) is 52.7 Å². The van der Waals surface area contributed by atoms with E-state index >= 15 is 0 Å². The summed E-state index contributed by atoms with van der Waals surface area (Å²) in [4.78, 5) is 1.74. The normalized spacial score (nSPS) is 10.1. The van der Waals surface area contributed by atoms with Crippen LogP contribution >= 0.6 is 27.3 Å². The maximum absolute atomic E-state index is 13.4. The lowest BCUT2D eigenvalue weighted by Gasteiger charge is -2.09. The van der Waals surface area contributed by atoms with E-state index in [1.165, 1.54) is 17.4 Å². The van der Waals surface area contributed by atoms with Crippen molar-refractivity contribution in [2.45, 2.75) is 13.5 Å². The fourth-order valence-electron chi connectivity index (χ4n) is 1.55. The molecule has 0 aliphatic carbocycles. The highest BCUT2D eigenvalue weighted by atomic mass is 79.9. The van der Waals surface area contributed by atoms with Crippen molar-refractivity contribution < 1.29 is 4.39 Å². The number of hydrogen-bond donors (Lipinski definition) is 1. The predicted octanol–water partition coefficient (Wildman–Crippen LogP) is 4.44. The Kier molecular flexibility index (Phi) is 4.00. The van der Waals surface area contributed by atoms with E-state index in [4.69, 9.17) is 5.26 Å². The second kappa shape index (κ2) is 5.51. The minimum Gasteiger partial charge on any atom is -0.380 e. The quantitative estimate of drug-likeness (QED) is 0.905. The average Bonchev–Trinajstić information content (AvgIpc) is 2.80. The Bertz CT molecular complexity index is 616. The number of nitrogens with zero attached hydrogens (tertiary/aromatic N) is 1. The number of hydrogen-bond acceptors (Lipinski definition) is 3. The summed E-state index contributed by atoms with van der Waals surface area (Å²) in [6.07, 6.45) is 0. The molecular formula is C13H10BrFN2S. The lowest BCUT2D eigenvalue weighted by molar-refractivity contribution is 0.621. The van der Waals surface area contributed by atoms with Crippen LogP contribution in [0, 0.1) is 24.1 Å². The second-order valence-electron chi connectivity index (χ2n) is 3.81. The molecule has 18 heavy (non-hydrogen) atoms. The summed E-state index contributed by atoms with van der Waals surface area (Å²) >= 11 is 4.59. The van der Waals surface area contributed by atoms with Gasteiger partial charge in [-0.3, -0.25) is 0 Å². The molecule has 1 aromatic heterocycles. The van der Waals surface area contributed by atoms with E-state index in [-0.39, 0.29) is 5.82 Å². The Balaban J connectivity index is 2.11. The highest BCUT2D eigenvalue weighted by molar-refractivity contribution is 9.10. The molecule has 1 heterocycles. The molecule has 1 N–H and O–H groups in total. The standard InChI is InChI=1S/C13H10BrFN2S/c1-8-4-11(14)12(15)5-13(8)17-7-10-3-2-9(6-16)18-10/h2-5,17H,7H2,1H3. The summed E-state index contributed by atoms with van der Waals surface area (Å²) in [5, 5.41) is 11.9. The van der Waals surface area contributed by atoms with Crippen LogP contribution in [0.1, 0.15) is 15.3 Å². The Labute approximate surface area is 117 Å². The third kappa shape index (κ3) is 2.89. The molecule has 5 heteroatoms. The van der Waals surface area contributed by atoms with Crippen LogP contribution in [0.3, 0.4) is 0 Å². The van der Waals surface area contributed by atoms with Crippen molar-refractivity contribution in [3.05, 3.63) is 49.9 Å². The Morgan fingerprint density at radius 3 is 2.89 bits per heavy atom. The third-order valence-corrected chi connectivity index (χ3v) is 4.09. The van der Waals surface area contributed by atoms with Crippen LogP contribution < -0.4 is 5.32 Å². The number of aryl methyl sites for hydroxylation is 1. The molecule has 0 aliphatic rings. The van der Waals surface area contributed by atoms with Gasteiger partial charge >= 0.3 is 0 Å². The summed E-state index contributed by atoms with van der Waals surface area (Å²) in [5.41, 5.74) is 1.74. The van der Waals surface area contributed by atoms with Crippen molar-refractivity contribution in [3.63, 3.8) is 0 Å². The average molecular weight is 325 g/mol. The first-order valence-electron chi connectivity index (χ1n) is 5.28. The van der Waals surface area contributed by atoms with Crippen LogP contribution in [-0.4, -0.2) is 0 Å². The minimum absolute atomic E-state index is 0.285. The molecule has 0 unspecified atom stereocenters. The van der Waals surface area contributed by atoms with E-state index in [2.05, 4.69) is 27.3 Å². The van der Waals surface area contributed by atoms with Crippen molar-refractivity contribution in [1.82, 2.24) is 0 Å².